The molecule has 0 bridgehead atoms. The minimum Gasteiger partial charge on any atom is -0.293 e. The molecule has 0 aliphatic carbocycles. The molecule has 0 spiro atoms. The topological polar surface area (TPSA) is 119 Å². The van der Waals surface area contributed by atoms with Gasteiger partial charge in [-0.1, -0.05) is 12.1 Å². The molecule has 5 heterocycles. The van der Waals surface area contributed by atoms with Crippen LogP contribution in [0.2, 0.25) is 0 Å². The first kappa shape index (κ1) is 18.3. The first-order valence-electron chi connectivity index (χ1n) is 9.32. The average Bonchev–Trinajstić information content (AvgIpc) is 3.45. The summed E-state index contributed by atoms with van der Waals surface area (Å²) in [7, 11) is 0. The molecule has 5 aromatic rings. The van der Waals surface area contributed by atoms with Gasteiger partial charge in [0.15, 0.2) is 17.3 Å². The molecule has 31 heavy (non-hydrogen) atoms. The van der Waals surface area contributed by atoms with E-state index in [-0.39, 0.29) is 11.5 Å². The number of rotatable bonds is 4. The lowest BCUT2D eigenvalue weighted by Crippen LogP contribution is -1.98. The Balaban J connectivity index is 1.71. The number of H-pyrrole nitrogens is 1. The lowest BCUT2D eigenvalue weighted by molar-refractivity contribution is 0.841. The molecule has 150 valence electrons. The molecule has 0 amide bonds. The smallest absolute Gasteiger partial charge is 0.261 e. The summed E-state index contributed by atoms with van der Waals surface area (Å²) in [5, 5.41) is 24.7. The van der Waals surface area contributed by atoms with Gasteiger partial charge in [-0.15, -0.1) is 20.4 Å². The van der Waals surface area contributed by atoms with Crippen LogP contribution in [0.15, 0.2) is 59.0 Å². The highest BCUT2D eigenvalue weighted by atomic mass is 15.4. The van der Waals surface area contributed by atoms with Crippen LogP contribution >= 0.6 is 0 Å². The molecule has 0 aliphatic rings. The number of hydrogen-bond acceptors (Lipinski definition) is 7. The predicted octanol–water partition coefficient (Wildman–Crippen LogP) is 4.28. The fraction of sp³-hybridized carbons (Fsp3) is 0.100. The largest absolute Gasteiger partial charge is 0.293 e. The number of aromatic amines is 1. The maximum atomic E-state index is 7.77. The van der Waals surface area contributed by atoms with Crippen LogP contribution in [-0.2, 0) is 0 Å². The van der Waals surface area contributed by atoms with Crippen molar-refractivity contribution in [2.45, 2.75) is 13.8 Å². The Labute approximate surface area is 175 Å². The quantitative estimate of drug-likeness (QED) is 0.351. The van der Waals surface area contributed by atoms with Crippen LogP contribution in [-0.4, -0.2) is 39.6 Å². The minimum atomic E-state index is 0.231. The summed E-state index contributed by atoms with van der Waals surface area (Å²) < 4.78 is 3.23. The molecule has 5 aromatic heterocycles. The molecule has 1 N–H and O–H groups in total. The van der Waals surface area contributed by atoms with E-state index in [1.54, 1.807) is 41.2 Å². The van der Waals surface area contributed by atoms with Crippen molar-refractivity contribution in [1.29, 1.82) is 0 Å². The summed E-state index contributed by atoms with van der Waals surface area (Å²) >= 11 is 0. The van der Waals surface area contributed by atoms with Crippen molar-refractivity contribution in [3.05, 3.63) is 71.7 Å². The van der Waals surface area contributed by atoms with Gasteiger partial charge in [0.05, 0.1) is 18.0 Å². The summed E-state index contributed by atoms with van der Waals surface area (Å²) in [6.45, 7) is 11.5. The van der Waals surface area contributed by atoms with Gasteiger partial charge in [0.25, 0.3) is 5.69 Å². The third kappa shape index (κ3) is 3.03. The van der Waals surface area contributed by atoms with Crippen LogP contribution < -0.4 is 0 Å². The number of nitrogens with one attached hydrogen (secondary N) is 1. The van der Waals surface area contributed by atoms with E-state index in [9.17, 15) is 0 Å². The lowest BCUT2D eigenvalue weighted by atomic mass is 10.2. The van der Waals surface area contributed by atoms with Crippen molar-refractivity contribution in [1.82, 2.24) is 39.6 Å². The fourth-order valence-corrected chi connectivity index (χ4v) is 3.16. The van der Waals surface area contributed by atoms with Gasteiger partial charge in [-0.25, -0.2) is 19.0 Å². The average molecular weight is 409 g/mol. The third-order valence-corrected chi connectivity index (χ3v) is 4.64. The molecule has 0 aromatic carbocycles. The Morgan fingerprint density at radius 3 is 2.52 bits per heavy atom. The van der Waals surface area contributed by atoms with Crippen LogP contribution in [0.3, 0.4) is 0 Å². The first-order valence-corrected chi connectivity index (χ1v) is 9.32. The second-order valence-corrected chi connectivity index (χ2v) is 6.64. The van der Waals surface area contributed by atoms with Crippen LogP contribution in [0, 0.1) is 20.4 Å². The maximum absolute atomic E-state index is 7.77. The summed E-state index contributed by atoms with van der Waals surface area (Å²) in [6.07, 6.45) is 3.30. The third-order valence-electron chi connectivity index (χ3n) is 4.64. The zero-order valence-electron chi connectivity index (χ0n) is 16.6. The lowest BCUT2D eigenvalue weighted by Gasteiger charge is -2.02. The monoisotopic (exact) mass is 409 g/mol. The van der Waals surface area contributed by atoms with Gasteiger partial charge in [0.2, 0.25) is 5.65 Å². The van der Waals surface area contributed by atoms with Gasteiger partial charge in [-0.05, 0) is 38.1 Å². The molecule has 0 aliphatic heterocycles. The number of hydrogen-bond donors (Lipinski definition) is 1. The Morgan fingerprint density at radius 1 is 1.00 bits per heavy atom. The highest BCUT2D eigenvalue weighted by molar-refractivity contribution is 5.82. The van der Waals surface area contributed by atoms with Crippen molar-refractivity contribution in [2.24, 2.45) is 10.2 Å². The number of fused-ring (bicyclic) bond motifs is 1. The molecule has 0 saturated heterocycles. The normalized spacial score (nSPS) is 11.4. The van der Waals surface area contributed by atoms with Gasteiger partial charge < -0.3 is 0 Å². The SMILES string of the molecule is [C-]#[N+]c1c(-c2ccccn2)nn(-c2ccccn2)c1N=Nc1c(C)[nH]n2c(C)nnc12. The van der Waals surface area contributed by atoms with Gasteiger partial charge >= 0.3 is 0 Å². The van der Waals surface area contributed by atoms with Crippen LogP contribution in [0.25, 0.3) is 27.7 Å². The zero-order chi connectivity index (χ0) is 21.4. The van der Waals surface area contributed by atoms with Crippen LogP contribution in [0.1, 0.15) is 11.5 Å². The Hall–Kier alpha value is -4.72. The van der Waals surface area contributed by atoms with E-state index in [1.165, 1.54) is 4.68 Å². The van der Waals surface area contributed by atoms with Crippen LogP contribution in [0.5, 0.6) is 0 Å². The molecular formula is C20H15N11. The van der Waals surface area contributed by atoms with Crippen molar-refractivity contribution in [2.75, 3.05) is 0 Å². The van der Waals surface area contributed by atoms with E-state index in [4.69, 9.17) is 6.57 Å². The molecule has 0 atom stereocenters. The van der Waals surface area contributed by atoms with E-state index in [0.717, 1.165) is 5.69 Å². The van der Waals surface area contributed by atoms with Gasteiger partial charge in [-0.2, -0.15) is 5.10 Å². The number of aryl methyl sites for hydroxylation is 2. The molecule has 5 rings (SSSR count). The summed E-state index contributed by atoms with van der Waals surface area (Å²) in [5.41, 5.74) is 3.06. The fourth-order valence-electron chi connectivity index (χ4n) is 3.16. The summed E-state index contributed by atoms with van der Waals surface area (Å²) in [5.74, 6) is 1.47. The van der Waals surface area contributed by atoms with Crippen LogP contribution in [0.4, 0.5) is 17.2 Å². The summed E-state index contributed by atoms with van der Waals surface area (Å²) in [4.78, 5) is 12.4. The van der Waals surface area contributed by atoms with E-state index in [1.807, 2.05) is 26.0 Å². The van der Waals surface area contributed by atoms with Crippen molar-refractivity contribution >= 4 is 22.8 Å². The molecule has 11 heteroatoms. The molecule has 11 nitrogen and oxygen atoms in total. The predicted molar refractivity (Wildman–Crippen MR) is 112 cm³/mol. The van der Waals surface area contributed by atoms with Crippen molar-refractivity contribution < 1.29 is 0 Å². The minimum absolute atomic E-state index is 0.231. The molecule has 0 radical (unpaired) electrons. The first-order chi connectivity index (χ1) is 15.2. The second-order valence-electron chi connectivity index (χ2n) is 6.64. The van der Waals surface area contributed by atoms with Gasteiger partial charge in [0.1, 0.15) is 11.5 Å². The van der Waals surface area contributed by atoms with Crippen molar-refractivity contribution in [3.8, 4) is 17.2 Å². The zero-order valence-corrected chi connectivity index (χ0v) is 16.6. The van der Waals surface area contributed by atoms with Gasteiger partial charge in [-0.3, -0.25) is 10.1 Å². The maximum Gasteiger partial charge on any atom is 0.261 e. The Bertz CT molecular complexity index is 1450. The summed E-state index contributed by atoms with van der Waals surface area (Å²) in [6, 6.07) is 10.9. The van der Waals surface area contributed by atoms with E-state index in [2.05, 4.69) is 45.4 Å². The highest BCUT2D eigenvalue weighted by Gasteiger charge is 2.22. The van der Waals surface area contributed by atoms with E-state index >= 15 is 0 Å². The molecule has 0 unspecified atom stereocenters. The number of pyridine rings is 2. The number of azo groups is 1. The highest BCUT2D eigenvalue weighted by Crippen LogP contribution is 2.40. The number of aromatic nitrogens is 8. The number of nitrogens with zero attached hydrogens (tertiary/aromatic N) is 10. The Kier molecular flexibility index (Phi) is 4.30. The second kappa shape index (κ2) is 7.27. The van der Waals surface area contributed by atoms with E-state index in [0.29, 0.717) is 34.4 Å². The standard InChI is InChI=1S/C20H15N11/c1-12-16(19-26-24-13(2)30(19)28-12)25-27-20-18(21-3)17(14-8-4-6-10-22-14)29-31(20)15-9-5-7-11-23-15/h4-11,28H,1-2H3. The Morgan fingerprint density at radius 2 is 1.81 bits per heavy atom. The molecule has 0 saturated carbocycles. The molecule has 0 fully saturated rings. The van der Waals surface area contributed by atoms with Crippen molar-refractivity contribution in [3.63, 3.8) is 0 Å². The van der Waals surface area contributed by atoms with E-state index < -0.39 is 0 Å². The molecular weight excluding hydrogens is 394 g/mol. The van der Waals surface area contributed by atoms with Gasteiger partial charge in [0, 0.05) is 12.4 Å².